The van der Waals surface area contributed by atoms with Crippen molar-refractivity contribution in [2.75, 3.05) is 31.1 Å². The van der Waals surface area contributed by atoms with Crippen molar-refractivity contribution >= 4 is 22.8 Å². The second-order valence-corrected chi connectivity index (χ2v) is 6.05. The summed E-state index contributed by atoms with van der Waals surface area (Å²) in [6, 6.07) is 11.0. The van der Waals surface area contributed by atoms with Crippen LogP contribution in [0.2, 0.25) is 0 Å². The van der Waals surface area contributed by atoms with E-state index in [1.165, 1.54) is 38.1 Å². The number of hydrogen-bond donors (Lipinski definition) is 0. The van der Waals surface area contributed by atoms with Crippen molar-refractivity contribution in [3.8, 4) is 11.3 Å². The summed E-state index contributed by atoms with van der Waals surface area (Å²) in [4.78, 5) is 4.92. The van der Waals surface area contributed by atoms with E-state index in [2.05, 4.69) is 20.0 Å². The monoisotopic (exact) mass is 378 g/mol. The summed E-state index contributed by atoms with van der Waals surface area (Å²) < 4.78 is 13.0. The summed E-state index contributed by atoms with van der Waals surface area (Å²) >= 11 is 0. The maximum atomic E-state index is 13.0. The Hall–Kier alpha value is -1.53. The fourth-order valence-electron chi connectivity index (χ4n) is 3.44. The molecular weight excluding hydrogens is 359 g/mol. The van der Waals surface area contributed by atoms with Gasteiger partial charge in [-0.1, -0.05) is 0 Å². The number of nitrogens with zero attached hydrogens (tertiary/aromatic N) is 4. The highest BCUT2D eigenvalue weighted by Gasteiger charge is 2.29. The molecule has 5 rings (SSSR count). The molecule has 0 saturated carbocycles. The van der Waals surface area contributed by atoms with Gasteiger partial charge in [0.15, 0.2) is 5.82 Å². The van der Waals surface area contributed by atoms with E-state index in [1.807, 2.05) is 12.1 Å². The van der Waals surface area contributed by atoms with E-state index in [4.69, 9.17) is 0 Å². The van der Waals surface area contributed by atoms with E-state index in [9.17, 15) is 4.39 Å². The van der Waals surface area contributed by atoms with Gasteiger partial charge in [0.05, 0.1) is 5.69 Å². The zero-order valence-corrected chi connectivity index (χ0v) is 14.6. The maximum Gasteiger partial charge on any atom is 0.151 e. The van der Waals surface area contributed by atoms with Crippen LogP contribution < -0.4 is 4.90 Å². The number of piperidine rings is 1. The van der Waals surface area contributed by atoms with Gasteiger partial charge in [-0.05, 0) is 49.2 Å². The Kier molecular flexibility index (Phi) is 4.92. The van der Waals surface area contributed by atoms with Gasteiger partial charge in [0.25, 0.3) is 0 Å². The zero-order chi connectivity index (χ0) is 14.9. The summed E-state index contributed by atoms with van der Waals surface area (Å²) in [5, 5.41) is 8.76. The molecule has 3 aliphatic heterocycles. The van der Waals surface area contributed by atoms with E-state index in [0.29, 0.717) is 6.04 Å². The van der Waals surface area contributed by atoms with Gasteiger partial charge in [-0.3, -0.25) is 0 Å². The molecule has 3 aliphatic rings. The lowest BCUT2D eigenvalue weighted by atomic mass is 10.1. The second-order valence-electron chi connectivity index (χ2n) is 6.05. The highest BCUT2D eigenvalue weighted by atomic mass is 79.9. The minimum absolute atomic E-state index is 0. The molecule has 0 radical (unpaired) electrons. The Bertz CT molecular complexity index is 639. The van der Waals surface area contributed by atoms with Gasteiger partial charge in [0.2, 0.25) is 0 Å². The van der Waals surface area contributed by atoms with Gasteiger partial charge in [-0.2, -0.15) is 0 Å². The van der Waals surface area contributed by atoms with Crippen LogP contribution in [-0.4, -0.2) is 47.3 Å². The summed E-state index contributed by atoms with van der Waals surface area (Å²) in [7, 11) is 0. The molecule has 0 amide bonds. The minimum atomic E-state index is -0.233. The first-order chi connectivity index (χ1) is 10.8. The fourth-order valence-corrected chi connectivity index (χ4v) is 3.44. The number of hydrogen-bond acceptors (Lipinski definition) is 4. The lowest BCUT2D eigenvalue weighted by Gasteiger charge is -2.31. The van der Waals surface area contributed by atoms with Crippen LogP contribution in [0.3, 0.4) is 0 Å². The number of fused-ring (bicyclic) bond motifs is 4. The molecule has 6 heteroatoms. The van der Waals surface area contributed by atoms with Crippen LogP contribution in [0.25, 0.3) is 11.3 Å². The van der Waals surface area contributed by atoms with Crippen molar-refractivity contribution in [1.82, 2.24) is 15.1 Å². The number of halogens is 2. The zero-order valence-electron chi connectivity index (χ0n) is 12.9. The van der Waals surface area contributed by atoms with E-state index in [1.54, 1.807) is 12.1 Å². The largest absolute Gasteiger partial charge is 0.351 e. The van der Waals surface area contributed by atoms with Crippen molar-refractivity contribution in [3.05, 3.63) is 42.2 Å². The van der Waals surface area contributed by atoms with Crippen LogP contribution in [0.1, 0.15) is 12.8 Å². The molecule has 0 unspecified atom stereocenters. The average molecular weight is 379 g/mol. The van der Waals surface area contributed by atoms with E-state index < -0.39 is 0 Å². The van der Waals surface area contributed by atoms with Crippen molar-refractivity contribution < 1.29 is 4.39 Å². The molecule has 0 spiro atoms. The number of anilines is 1. The summed E-state index contributed by atoms with van der Waals surface area (Å²) in [5.41, 5.74) is 1.68. The van der Waals surface area contributed by atoms with Crippen molar-refractivity contribution in [2.24, 2.45) is 0 Å². The molecule has 122 valence electrons. The van der Waals surface area contributed by atoms with Crippen LogP contribution in [0.4, 0.5) is 10.2 Å². The quantitative estimate of drug-likeness (QED) is 0.803. The molecule has 4 nitrogen and oxygen atoms in total. The number of benzene rings is 1. The number of rotatable bonds is 2. The third-order valence-electron chi connectivity index (χ3n) is 4.74. The van der Waals surface area contributed by atoms with Gasteiger partial charge >= 0.3 is 0 Å². The first kappa shape index (κ1) is 16.3. The molecule has 1 aromatic carbocycles. The van der Waals surface area contributed by atoms with Crippen molar-refractivity contribution in [1.29, 1.82) is 0 Å². The standard InChI is InChI=1S/C17H19FN4.BrH/c18-14-3-1-13(2-4-14)16-5-6-17(20-19-16)22-12-11-21-9-7-15(22)8-10-21;/h1-6,15H,7-12H2;1H. The normalized spacial score (nSPS) is 23.3. The third-order valence-corrected chi connectivity index (χ3v) is 4.74. The Labute approximate surface area is 146 Å². The molecule has 0 aliphatic carbocycles. The third kappa shape index (κ3) is 3.38. The smallest absolute Gasteiger partial charge is 0.151 e. The first-order valence-electron chi connectivity index (χ1n) is 7.88. The SMILES string of the molecule is Br.Fc1ccc(-c2ccc(N3CCN4CCC3CC4)nn2)cc1. The highest BCUT2D eigenvalue weighted by molar-refractivity contribution is 8.93. The summed E-state index contributed by atoms with van der Waals surface area (Å²) in [5.74, 6) is 0.725. The molecule has 2 aromatic rings. The lowest BCUT2D eigenvalue weighted by molar-refractivity contribution is 0.250. The van der Waals surface area contributed by atoms with Gasteiger partial charge in [-0.15, -0.1) is 27.2 Å². The summed E-state index contributed by atoms with van der Waals surface area (Å²) in [6.45, 7) is 4.53. The molecule has 1 aromatic heterocycles. The highest BCUT2D eigenvalue weighted by Crippen LogP contribution is 2.26. The predicted octanol–water partition coefficient (Wildman–Crippen LogP) is 3.15. The van der Waals surface area contributed by atoms with Gasteiger partial charge in [0.1, 0.15) is 5.82 Å². The predicted molar refractivity (Wildman–Crippen MR) is 94.6 cm³/mol. The van der Waals surface area contributed by atoms with Crippen LogP contribution in [0.15, 0.2) is 36.4 Å². The Balaban J connectivity index is 0.00000156. The van der Waals surface area contributed by atoms with Gasteiger partial charge < -0.3 is 9.80 Å². The fraction of sp³-hybridized carbons (Fsp3) is 0.412. The molecule has 2 bridgehead atoms. The van der Waals surface area contributed by atoms with Gasteiger partial charge in [-0.25, -0.2) is 4.39 Å². The minimum Gasteiger partial charge on any atom is -0.351 e. The van der Waals surface area contributed by atoms with Crippen LogP contribution in [-0.2, 0) is 0 Å². The Morgan fingerprint density at radius 3 is 2.26 bits per heavy atom. The van der Waals surface area contributed by atoms with Crippen LogP contribution >= 0.6 is 17.0 Å². The average Bonchev–Trinajstić information content (AvgIpc) is 2.90. The molecule has 0 N–H and O–H groups in total. The van der Waals surface area contributed by atoms with Crippen LogP contribution in [0, 0.1) is 5.82 Å². The topological polar surface area (TPSA) is 32.3 Å². The van der Waals surface area contributed by atoms with E-state index >= 15 is 0 Å². The van der Waals surface area contributed by atoms with E-state index in [0.717, 1.165) is 30.2 Å². The maximum absolute atomic E-state index is 13.0. The van der Waals surface area contributed by atoms with Crippen molar-refractivity contribution in [3.63, 3.8) is 0 Å². The molecule has 0 atom stereocenters. The van der Waals surface area contributed by atoms with E-state index in [-0.39, 0.29) is 22.8 Å². The number of aromatic nitrogens is 2. The Morgan fingerprint density at radius 1 is 0.870 bits per heavy atom. The van der Waals surface area contributed by atoms with Gasteiger partial charge in [0, 0.05) is 37.8 Å². The van der Waals surface area contributed by atoms with Crippen molar-refractivity contribution in [2.45, 2.75) is 18.9 Å². The molecular formula is C17H20BrFN4. The summed E-state index contributed by atoms with van der Waals surface area (Å²) in [6.07, 6.45) is 2.42. The Morgan fingerprint density at radius 2 is 1.61 bits per heavy atom. The molecule has 3 saturated heterocycles. The van der Waals surface area contributed by atoms with Crippen LogP contribution in [0.5, 0.6) is 0 Å². The molecule has 4 heterocycles. The second kappa shape index (κ2) is 6.93. The molecule has 23 heavy (non-hydrogen) atoms. The first-order valence-corrected chi connectivity index (χ1v) is 7.88. The lowest BCUT2D eigenvalue weighted by Crippen LogP contribution is -2.38. The molecule has 3 fully saturated rings.